The van der Waals surface area contributed by atoms with Gasteiger partial charge in [-0.05, 0) is 18.1 Å². The number of hydrazine groups is 1. The summed E-state index contributed by atoms with van der Waals surface area (Å²) in [5, 5.41) is 0. The maximum absolute atomic E-state index is 12.4. The predicted octanol–water partition coefficient (Wildman–Crippen LogP) is 0.00870. The van der Waals surface area contributed by atoms with Crippen molar-refractivity contribution < 1.29 is 14.3 Å². The Kier molecular flexibility index (Phi) is 3.80. The van der Waals surface area contributed by atoms with Gasteiger partial charge >= 0.3 is 0 Å². The fraction of sp³-hybridized carbons (Fsp3) is 0.385. The van der Waals surface area contributed by atoms with Crippen molar-refractivity contribution in [3.8, 4) is 5.75 Å². The average molecular weight is 278 g/mol. The first-order valence-corrected chi connectivity index (χ1v) is 6.31. The maximum atomic E-state index is 12.4. The lowest BCUT2D eigenvalue weighted by molar-refractivity contribution is -0.130. The number of amides is 2. The van der Waals surface area contributed by atoms with Gasteiger partial charge in [0, 0.05) is 11.8 Å². The first kappa shape index (κ1) is 14.1. The van der Waals surface area contributed by atoms with E-state index in [1.165, 1.54) is 4.90 Å². The molecule has 0 saturated carbocycles. The van der Waals surface area contributed by atoms with E-state index in [4.69, 9.17) is 16.3 Å². The van der Waals surface area contributed by atoms with Crippen LogP contribution in [0.1, 0.15) is 13.8 Å². The van der Waals surface area contributed by atoms with E-state index in [1.807, 2.05) is 19.3 Å². The molecule has 1 aromatic rings. The van der Waals surface area contributed by atoms with Crippen molar-refractivity contribution in [3.63, 3.8) is 0 Å². The minimum absolute atomic E-state index is 0.0273. The number of carbonyl (C=O) groups excluding carboxylic acids is 2. The second kappa shape index (κ2) is 5.38. The summed E-state index contributed by atoms with van der Waals surface area (Å²) in [5.74, 6) is 4.83. The van der Waals surface area contributed by atoms with Crippen LogP contribution in [0.25, 0.3) is 0 Å². The summed E-state index contributed by atoms with van der Waals surface area (Å²) in [5.41, 5.74) is 8.80. The highest BCUT2D eigenvalue weighted by Gasteiger charge is 2.37. The zero-order valence-corrected chi connectivity index (χ0v) is 11.4. The Bertz CT molecular complexity index is 544. The van der Waals surface area contributed by atoms with Crippen LogP contribution in [0.5, 0.6) is 5.75 Å². The Morgan fingerprint density at radius 1 is 1.50 bits per heavy atom. The van der Waals surface area contributed by atoms with Crippen molar-refractivity contribution in [1.82, 2.24) is 5.43 Å². The van der Waals surface area contributed by atoms with E-state index >= 15 is 0 Å². The van der Waals surface area contributed by atoms with Gasteiger partial charge in [0.05, 0.1) is 5.69 Å². The number of nitrogen functional groups attached to an aromatic ring is 1. The molecule has 0 aliphatic carbocycles. The van der Waals surface area contributed by atoms with Gasteiger partial charge < -0.3 is 10.5 Å². The first-order valence-electron chi connectivity index (χ1n) is 6.31. The van der Waals surface area contributed by atoms with E-state index < -0.39 is 12.0 Å². The van der Waals surface area contributed by atoms with Gasteiger partial charge in [-0.15, -0.1) is 0 Å². The number of nitrogens with zero attached hydrogens (tertiary/aromatic N) is 1. The van der Waals surface area contributed by atoms with Gasteiger partial charge in [-0.25, -0.2) is 5.84 Å². The molecule has 1 unspecified atom stereocenters. The number of fused-ring (bicyclic) bond motifs is 1. The molecule has 2 rings (SSSR count). The zero-order chi connectivity index (χ0) is 14.9. The molecule has 0 aromatic heterocycles. The largest absolute Gasteiger partial charge is 0.478 e. The van der Waals surface area contributed by atoms with Crippen molar-refractivity contribution >= 4 is 23.2 Å². The average Bonchev–Trinajstić information content (AvgIpc) is 2.40. The van der Waals surface area contributed by atoms with E-state index in [0.717, 1.165) is 0 Å². The highest BCUT2D eigenvalue weighted by Crippen LogP contribution is 2.36. The summed E-state index contributed by atoms with van der Waals surface area (Å²) in [6, 6.07) is 4.95. The predicted molar refractivity (Wildman–Crippen MR) is 74.8 cm³/mol. The Morgan fingerprint density at radius 3 is 2.80 bits per heavy atom. The topological polar surface area (TPSA) is 111 Å². The third kappa shape index (κ3) is 2.53. The number of nitrogens with one attached hydrogen (secondary N) is 1. The minimum atomic E-state index is -0.644. The van der Waals surface area contributed by atoms with Gasteiger partial charge in [-0.1, -0.05) is 13.8 Å². The van der Waals surface area contributed by atoms with Gasteiger partial charge in [-0.2, -0.15) is 0 Å². The Hall–Kier alpha value is -2.28. The molecule has 0 spiro atoms. The van der Waals surface area contributed by atoms with E-state index in [1.54, 1.807) is 18.2 Å². The van der Waals surface area contributed by atoms with E-state index in [9.17, 15) is 9.59 Å². The van der Waals surface area contributed by atoms with Crippen LogP contribution in [0.2, 0.25) is 0 Å². The number of hydrogen-bond donors (Lipinski definition) is 3. The van der Waals surface area contributed by atoms with Crippen LogP contribution in [0, 0.1) is 5.92 Å². The molecular formula is C13H18N4O3. The van der Waals surface area contributed by atoms with Crippen LogP contribution in [-0.4, -0.2) is 24.5 Å². The van der Waals surface area contributed by atoms with Gasteiger partial charge in [0.15, 0.2) is 6.10 Å². The molecule has 5 N–H and O–H groups in total. The molecule has 7 heteroatoms. The fourth-order valence-electron chi connectivity index (χ4n) is 2.08. The van der Waals surface area contributed by atoms with Gasteiger partial charge in [0.25, 0.3) is 11.8 Å². The van der Waals surface area contributed by atoms with Crippen LogP contribution in [0.15, 0.2) is 18.2 Å². The molecule has 1 heterocycles. The number of rotatable bonds is 3. The van der Waals surface area contributed by atoms with Crippen molar-refractivity contribution in [2.75, 3.05) is 17.2 Å². The lowest BCUT2D eigenvalue weighted by Gasteiger charge is -2.35. The zero-order valence-electron chi connectivity index (χ0n) is 11.4. The molecule has 7 nitrogen and oxygen atoms in total. The van der Waals surface area contributed by atoms with Gasteiger partial charge in [0.1, 0.15) is 12.3 Å². The van der Waals surface area contributed by atoms with Gasteiger partial charge in [0.2, 0.25) is 0 Å². The fourth-order valence-corrected chi connectivity index (χ4v) is 2.08. The summed E-state index contributed by atoms with van der Waals surface area (Å²) < 4.78 is 5.70. The molecule has 1 aliphatic rings. The molecule has 0 radical (unpaired) electrons. The molecule has 20 heavy (non-hydrogen) atoms. The molecule has 0 fully saturated rings. The quantitative estimate of drug-likeness (QED) is 0.312. The van der Waals surface area contributed by atoms with E-state index in [-0.39, 0.29) is 18.4 Å². The van der Waals surface area contributed by atoms with Crippen molar-refractivity contribution in [2.24, 2.45) is 11.8 Å². The van der Waals surface area contributed by atoms with Crippen molar-refractivity contribution in [3.05, 3.63) is 18.2 Å². The molecule has 1 atom stereocenters. The highest BCUT2D eigenvalue weighted by atomic mass is 16.5. The number of nitrogens with two attached hydrogens (primary N) is 2. The van der Waals surface area contributed by atoms with Crippen molar-refractivity contribution in [1.29, 1.82) is 0 Å². The monoisotopic (exact) mass is 278 g/mol. The Balaban J connectivity index is 2.42. The van der Waals surface area contributed by atoms with Crippen LogP contribution in [0.4, 0.5) is 11.4 Å². The molecular weight excluding hydrogens is 260 g/mol. The third-order valence-corrected chi connectivity index (χ3v) is 3.11. The number of anilines is 2. The summed E-state index contributed by atoms with van der Waals surface area (Å²) in [4.78, 5) is 25.3. The first-order chi connectivity index (χ1) is 9.43. The smallest absolute Gasteiger partial charge is 0.268 e. The molecule has 0 bridgehead atoms. The van der Waals surface area contributed by atoms with Crippen LogP contribution >= 0.6 is 0 Å². The summed E-state index contributed by atoms with van der Waals surface area (Å²) in [7, 11) is 0. The Labute approximate surface area is 116 Å². The molecule has 1 aromatic carbocycles. The van der Waals surface area contributed by atoms with E-state index in [0.29, 0.717) is 17.1 Å². The molecule has 1 aliphatic heterocycles. The minimum Gasteiger partial charge on any atom is -0.478 e. The Morgan fingerprint density at radius 2 is 2.20 bits per heavy atom. The summed E-state index contributed by atoms with van der Waals surface area (Å²) >= 11 is 0. The number of benzene rings is 1. The number of carbonyl (C=O) groups is 2. The number of ether oxygens (including phenoxy) is 1. The second-order valence-electron chi connectivity index (χ2n) is 5.00. The lowest BCUT2D eigenvalue weighted by atomic mass is 10.0. The molecule has 0 saturated heterocycles. The maximum Gasteiger partial charge on any atom is 0.268 e. The second-order valence-corrected chi connectivity index (χ2v) is 5.00. The van der Waals surface area contributed by atoms with Gasteiger partial charge in [-0.3, -0.25) is 19.9 Å². The molecule has 108 valence electrons. The SMILES string of the molecule is CC(C)C1Oc2cc(N)ccc2N(CC(=O)NN)C1=O. The van der Waals surface area contributed by atoms with E-state index in [2.05, 4.69) is 0 Å². The summed E-state index contributed by atoms with van der Waals surface area (Å²) in [6.45, 7) is 3.60. The molecule has 2 amide bonds. The van der Waals surface area contributed by atoms with Crippen LogP contribution in [-0.2, 0) is 9.59 Å². The standard InChI is InChI=1S/C13H18N4O3/c1-7(2)12-13(19)17(6-11(18)16-15)9-4-3-8(14)5-10(9)20-12/h3-5,7,12H,6,14-15H2,1-2H3,(H,16,18). The highest BCUT2D eigenvalue weighted by molar-refractivity contribution is 6.04. The lowest BCUT2D eigenvalue weighted by Crippen LogP contribution is -2.52. The van der Waals surface area contributed by atoms with Crippen LogP contribution < -0.4 is 26.6 Å². The number of hydrogen-bond acceptors (Lipinski definition) is 5. The normalized spacial score (nSPS) is 17.7. The van der Waals surface area contributed by atoms with Crippen LogP contribution in [0.3, 0.4) is 0 Å². The third-order valence-electron chi connectivity index (χ3n) is 3.11. The van der Waals surface area contributed by atoms with Crippen molar-refractivity contribution in [2.45, 2.75) is 20.0 Å². The summed E-state index contributed by atoms with van der Waals surface area (Å²) in [6.07, 6.45) is -0.644.